The Morgan fingerprint density at radius 3 is 1.20 bits per heavy atom. The first kappa shape index (κ1) is 5.97. The average molecular weight is 202 g/mol. The van der Waals surface area contributed by atoms with E-state index in [0.29, 0.717) is 0 Å². The first-order chi connectivity index (χ1) is 2.00. The van der Waals surface area contributed by atoms with Crippen LogP contribution in [0.3, 0.4) is 0 Å². The quantitative estimate of drug-likeness (QED) is 0.420. The minimum atomic E-state index is -3.21. The minimum absolute atomic E-state index is 3.21. The van der Waals surface area contributed by atoms with E-state index in [2.05, 4.69) is 0 Å². The third-order valence-corrected chi connectivity index (χ3v) is 0. The molecule has 0 aliphatic heterocycles. The van der Waals surface area contributed by atoms with Gasteiger partial charge in [-0.05, 0) is 0 Å². The Morgan fingerprint density at radius 1 is 1.20 bits per heavy atom. The third kappa shape index (κ3) is 46.7. The molecule has 0 radical (unpaired) electrons. The zero-order valence-electron chi connectivity index (χ0n) is 2.61. The van der Waals surface area contributed by atoms with Crippen LogP contribution in [0.5, 0.6) is 0 Å². The zero-order valence-corrected chi connectivity index (χ0v) is 6.22. The molecule has 6 N–H and O–H groups in total. The summed E-state index contributed by atoms with van der Waals surface area (Å²) in [6, 6.07) is 0. The van der Waals surface area contributed by atoms with Gasteiger partial charge < -0.3 is 0 Å². The summed E-state index contributed by atoms with van der Waals surface area (Å²) in [6.45, 7) is 0. The second-order valence-electron chi connectivity index (χ2n) is 0.827. The summed E-state index contributed by atoms with van der Waals surface area (Å²) in [4.78, 5) is 0. The van der Waals surface area contributed by atoms with Crippen molar-refractivity contribution in [2.45, 2.75) is 0 Å². The van der Waals surface area contributed by atoms with Gasteiger partial charge in [0.2, 0.25) is 0 Å². The monoisotopic (exact) mass is 203 g/mol. The third-order valence-electron chi connectivity index (χ3n) is 0. The topological polar surface area (TPSA) is 78.1 Å². The van der Waals surface area contributed by atoms with E-state index in [-0.39, 0.29) is 0 Å². The van der Waals surface area contributed by atoms with Gasteiger partial charge in [-0.15, -0.1) is 0 Å². The maximum absolute atomic E-state index is 5.07. The average Bonchev–Trinajstić information content (AvgIpc) is 0.722. The van der Waals surface area contributed by atoms with Crippen molar-refractivity contribution in [2.24, 2.45) is 11.9 Å². The summed E-state index contributed by atoms with van der Waals surface area (Å²) in [5.41, 5.74) is 0. The Morgan fingerprint density at radius 2 is 1.20 bits per heavy atom. The van der Waals surface area contributed by atoms with Crippen LogP contribution in [0.4, 0.5) is 0 Å². The summed E-state index contributed by atoms with van der Waals surface area (Å²) < 4.78 is 14.7. The van der Waals surface area contributed by atoms with Crippen LogP contribution in [-0.2, 0) is 0 Å². The molecule has 0 aliphatic rings. The summed E-state index contributed by atoms with van der Waals surface area (Å²) in [6.07, 6.45) is 0. The van der Waals surface area contributed by atoms with Crippen LogP contribution >= 0.6 is 8.92 Å². The molecule has 0 rings (SSSR count). The van der Waals surface area contributed by atoms with Gasteiger partial charge in [-0.2, -0.15) is 0 Å². The van der Waals surface area contributed by atoms with Gasteiger partial charge >= 0.3 is 38.9 Å². The van der Waals surface area contributed by atoms with E-state index >= 15 is 0 Å². The molecule has 0 aliphatic carbocycles. The van der Waals surface area contributed by atoms with Crippen molar-refractivity contribution >= 4 is 27.0 Å². The first-order valence-electron chi connectivity index (χ1n) is 1.06. The van der Waals surface area contributed by atoms with Gasteiger partial charge in [0.15, 0.2) is 0 Å². The molecular formula is H6ClN3Sn. The summed E-state index contributed by atoms with van der Waals surface area (Å²) in [7, 11) is 5.07. The van der Waals surface area contributed by atoms with E-state index in [1.807, 2.05) is 0 Å². The molecule has 0 amide bonds. The van der Waals surface area contributed by atoms with Gasteiger partial charge in [0.1, 0.15) is 0 Å². The van der Waals surface area contributed by atoms with E-state index in [1.54, 1.807) is 0 Å². The SMILES string of the molecule is [NH2][Sn]([NH2])([NH2])[Cl]. The van der Waals surface area contributed by atoms with E-state index in [1.165, 1.54) is 0 Å². The van der Waals surface area contributed by atoms with E-state index in [9.17, 15) is 0 Å². The van der Waals surface area contributed by atoms with Crippen molar-refractivity contribution in [3.63, 3.8) is 0 Å². The predicted octanol–water partition coefficient (Wildman–Crippen LogP) is -1.46. The number of halogens is 1. The fourth-order valence-corrected chi connectivity index (χ4v) is 0. The number of nitrogens with two attached hydrogens (primary N) is 3. The number of hydrogen-bond acceptors (Lipinski definition) is 3. The Bertz CT molecular complexity index is 22.4. The second kappa shape index (κ2) is 1.61. The predicted molar refractivity (Wildman–Crippen MR) is 24.2 cm³/mol. The molecular weight excluding hydrogens is 196 g/mol. The van der Waals surface area contributed by atoms with Crippen molar-refractivity contribution in [1.82, 2.24) is 0 Å². The maximum atomic E-state index is 5.07. The molecule has 0 aromatic carbocycles. The van der Waals surface area contributed by atoms with Crippen molar-refractivity contribution in [2.75, 3.05) is 0 Å². The van der Waals surface area contributed by atoms with Crippen molar-refractivity contribution in [3.05, 3.63) is 0 Å². The van der Waals surface area contributed by atoms with E-state index in [4.69, 9.17) is 20.8 Å². The molecule has 0 unspecified atom stereocenters. The molecule has 0 aromatic rings. The van der Waals surface area contributed by atoms with Crippen molar-refractivity contribution in [3.8, 4) is 0 Å². The van der Waals surface area contributed by atoms with Crippen LogP contribution in [0.15, 0.2) is 0 Å². The molecule has 0 saturated carbocycles. The molecule has 0 bridgehead atoms. The van der Waals surface area contributed by atoms with Crippen LogP contribution in [0, 0.1) is 0 Å². The molecule has 3 nitrogen and oxygen atoms in total. The van der Waals surface area contributed by atoms with Gasteiger partial charge in [-0.3, -0.25) is 0 Å². The fraction of sp³-hybridized carbons (Fsp3) is 0. The van der Waals surface area contributed by atoms with Gasteiger partial charge in [-0.25, -0.2) is 0 Å². The molecule has 0 fully saturated rings. The zero-order chi connectivity index (χ0) is 4.50. The Labute approximate surface area is 39.1 Å². The standard InChI is InChI=1S/ClH.3H2N.Sn/h1H;3*1H2;/q;3*-1;+4/p-1. The van der Waals surface area contributed by atoms with Gasteiger partial charge in [0, 0.05) is 0 Å². The molecule has 0 heterocycles. The summed E-state index contributed by atoms with van der Waals surface area (Å²) in [5, 5.41) is 0. The molecule has 0 atom stereocenters. The normalized spacial score (nSPS) is 12.0. The van der Waals surface area contributed by atoms with E-state index in [0.717, 1.165) is 0 Å². The van der Waals surface area contributed by atoms with Crippen LogP contribution in [0.1, 0.15) is 0 Å². The van der Waals surface area contributed by atoms with Crippen molar-refractivity contribution < 1.29 is 0 Å². The molecule has 5 heteroatoms. The van der Waals surface area contributed by atoms with E-state index < -0.39 is 18.1 Å². The van der Waals surface area contributed by atoms with Gasteiger partial charge in [0.25, 0.3) is 0 Å². The summed E-state index contributed by atoms with van der Waals surface area (Å²) >= 11 is -3.21. The molecule has 0 saturated heterocycles. The van der Waals surface area contributed by atoms with Gasteiger partial charge in [-0.1, -0.05) is 0 Å². The second-order valence-corrected chi connectivity index (χ2v) is 9.94. The first-order valence-corrected chi connectivity index (χ1v) is 9.61. The summed E-state index contributed by atoms with van der Waals surface area (Å²) in [5.74, 6) is 0. The van der Waals surface area contributed by atoms with Crippen LogP contribution in [0.2, 0.25) is 0 Å². The van der Waals surface area contributed by atoms with Crippen molar-refractivity contribution in [1.29, 1.82) is 0 Å². The fourth-order valence-electron chi connectivity index (χ4n) is 0. The molecule has 0 spiro atoms. The number of rotatable bonds is 0. The van der Waals surface area contributed by atoms with Crippen LogP contribution < -0.4 is 11.9 Å². The van der Waals surface area contributed by atoms with Crippen LogP contribution in [-0.4, -0.2) is 18.1 Å². The Hall–Kier alpha value is 0.969. The number of hydrogen-bond donors (Lipinski definition) is 3. The van der Waals surface area contributed by atoms with Crippen LogP contribution in [0.25, 0.3) is 0 Å². The Kier molecular flexibility index (Phi) is 1.92. The Balaban J connectivity index is 3.02. The van der Waals surface area contributed by atoms with Gasteiger partial charge in [0.05, 0.1) is 0 Å². The molecule has 5 heavy (non-hydrogen) atoms. The molecule has 0 aromatic heterocycles. The molecule has 32 valence electrons.